The number of hydrogen-bond donors (Lipinski definition) is 1. The van der Waals surface area contributed by atoms with Crippen molar-refractivity contribution in [2.45, 2.75) is 31.8 Å². The quantitative estimate of drug-likeness (QED) is 0.653. The predicted octanol–water partition coefficient (Wildman–Crippen LogP) is 0.229. The highest BCUT2D eigenvalue weighted by molar-refractivity contribution is 8.00. The van der Waals surface area contributed by atoms with Gasteiger partial charge in [0.25, 0.3) is 0 Å². The number of amides is 2. The Balaban J connectivity index is 2.12. The summed E-state index contributed by atoms with van der Waals surface area (Å²) in [7, 11) is 0. The molecule has 0 radical (unpaired) electrons. The van der Waals surface area contributed by atoms with E-state index in [2.05, 4.69) is 5.32 Å². The molecule has 5 heteroatoms. The topological polar surface area (TPSA) is 49.4 Å². The van der Waals surface area contributed by atoms with Gasteiger partial charge in [-0.3, -0.25) is 14.5 Å². The average molecular weight is 228 g/mol. The molecule has 0 spiro atoms. The van der Waals surface area contributed by atoms with Crippen LogP contribution in [-0.4, -0.2) is 46.8 Å². The molecular formula is C10H16N2O2S. The molecule has 2 saturated heterocycles. The Labute approximate surface area is 93.8 Å². The summed E-state index contributed by atoms with van der Waals surface area (Å²) in [6.07, 6.45) is 1.98. The van der Waals surface area contributed by atoms with Gasteiger partial charge >= 0.3 is 0 Å². The van der Waals surface area contributed by atoms with E-state index >= 15 is 0 Å². The fourth-order valence-electron chi connectivity index (χ4n) is 2.25. The van der Waals surface area contributed by atoms with E-state index in [0.717, 1.165) is 19.4 Å². The van der Waals surface area contributed by atoms with E-state index in [1.807, 2.05) is 6.92 Å². The van der Waals surface area contributed by atoms with Crippen molar-refractivity contribution < 1.29 is 9.59 Å². The van der Waals surface area contributed by atoms with E-state index in [1.165, 1.54) is 16.7 Å². The minimum atomic E-state index is -0.0169. The molecule has 2 heterocycles. The minimum absolute atomic E-state index is 0.0169. The third-order valence-electron chi connectivity index (χ3n) is 3.04. The first-order valence-corrected chi connectivity index (χ1v) is 6.51. The fourth-order valence-corrected chi connectivity index (χ4v) is 2.98. The lowest BCUT2D eigenvalue weighted by Crippen LogP contribution is -2.58. The smallest absolute Gasteiger partial charge is 0.239 e. The summed E-state index contributed by atoms with van der Waals surface area (Å²) in [5, 5.41) is 3.32. The molecular weight excluding hydrogens is 212 g/mol. The van der Waals surface area contributed by atoms with Crippen LogP contribution in [0.15, 0.2) is 0 Å². The van der Waals surface area contributed by atoms with Gasteiger partial charge in [0.05, 0.1) is 17.5 Å². The van der Waals surface area contributed by atoms with Crippen molar-refractivity contribution in [1.29, 1.82) is 0 Å². The molecule has 2 rings (SSSR count). The Morgan fingerprint density at radius 2 is 2.00 bits per heavy atom. The molecule has 2 aliphatic rings. The number of carbonyl (C=O) groups excluding carboxylic acids is 2. The zero-order valence-electron chi connectivity index (χ0n) is 8.86. The lowest BCUT2D eigenvalue weighted by molar-refractivity contribution is -0.146. The van der Waals surface area contributed by atoms with Crippen molar-refractivity contribution in [2.24, 2.45) is 0 Å². The molecule has 0 bridgehead atoms. The van der Waals surface area contributed by atoms with E-state index < -0.39 is 0 Å². The summed E-state index contributed by atoms with van der Waals surface area (Å²) in [6, 6.07) is 0.300. The zero-order valence-corrected chi connectivity index (χ0v) is 9.68. The van der Waals surface area contributed by atoms with Crippen molar-refractivity contribution in [1.82, 2.24) is 10.2 Å². The molecule has 0 aromatic rings. The second-order valence-electron chi connectivity index (χ2n) is 4.10. The number of piperidine rings is 1. The molecule has 0 aromatic heterocycles. The first-order chi connectivity index (χ1) is 7.20. The molecule has 4 nitrogen and oxygen atoms in total. The van der Waals surface area contributed by atoms with Crippen molar-refractivity contribution in [3.63, 3.8) is 0 Å². The number of nitrogens with zero attached hydrogens (tertiary/aromatic N) is 1. The van der Waals surface area contributed by atoms with E-state index in [4.69, 9.17) is 0 Å². The van der Waals surface area contributed by atoms with Gasteiger partial charge in [0.1, 0.15) is 0 Å². The zero-order chi connectivity index (χ0) is 10.8. The Bertz CT molecular complexity index is 267. The molecule has 2 fully saturated rings. The molecule has 2 unspecified atom stereocenters. The summed E-state index contributed by atoms with van der Waals surface area (Å²) in [4.78, 5) is 24.9. The van der Waals surface area contributed by atoms with Crippen LogP contribution in [-0.2, 0) is 9.59 Å². The largest absolute Gasteiger partial charge is 0.312 e. The molecule has 0 saturated carbocycles. The first kappa shape index (κ1) is 11.0. The first-order valence-electron chi connectivity index (χ1n) is 5.36. The van der Waals surface area contributed by atoms with Crippen LogP contribution in [0.5, 0.6) is 0 Å². The van der Waals surface area contributed by atoms with Gasteiger partial charge in [0.2, 0.25) is 11.8 Å². The normalized spacial score (nSPS) is 33.3. The van der Waals surface area contributed by atoms with Crippen molar-refractivity contribution in [3.8, 4) is 0 Å². The third kappa shape index (κ3) is 2.18. The number of imide groups is 1. The average Bonchev–Trinajstić information content (AvgIpc) is 2.20. The number of thioether (sulfide) groups is 1. The molecule has 2 amide bonds. The maximum atomic E-state index is 11.7. The van der Waals surface area contributed by atoms with Gasteiger partial charge in [-0.15, -0.1) is 11.8 Å². The molecule has 1 N–H and O–H groups in total. The minimum Gasteiger partial charge on any atom is -0.312 e. The van der Waals surface area contributed by atoms with Crippen molar-refractivity contribution >= 4 is 23.6 Å². The summed E-state index contributed by atoms with van der Waals surface area (Å²) in [5.74, 6) is 0.873. The summed E-state index contributed by atoms with van der Waals surface area (Å²) < 4.78 is 0. The van der Waals surface area contributed by atoms with Gasteiger partial charge in [0, 0.05) is 6.04 Å². The van der Waals surface area contributed by atoms with E-state index in [9.17, 15) is 9.59 Å². The van der Waals surface area contributed by atoms with Crippen LogP contribution >= 0.6 is 11.8 Å². The van der Waals surface area contributed by atoms with E-state index in [-0.39, 0.29) is 23.9 Å². The lowest BCUT2D eigenvalue weighted by Gasteiger charge is -2.39. The Morgan fingerprint density at radius 1 is 1.33 bits per heavy atom. The highest BCUT2D eigenvalue weighted by Gasteiger charge is 2.36. The van der Waals surface area contributed by atoms with Crippen LogP contribution in [0.3, 0.4) is 0 Å². The monoisotopic (exact) mass is 228 g/mol. The number of rotatable bonds is 1. The molecule has 2 aliphatic heterocycles. The van der Waals surface area contributed by atoms with Crippen LogP contribution in [0, 0.1) is 0 Å². The highest BCUT2D eigenvalue weighted by atomic mass is 32.2. The van der Waals surface area contributed by atoms with E-state index in [0.29, 0.717) is 11.5 Å². The number of nitrogens with one attached hydrogen (secondary N) is 1. The third-order valence-corrected chi connectivity index (χ3v) is 3.94. The van der Waals surface area contributed by atoms with Crippen LogP contribution in [0.25, 0.3) is 0 Å². The second kappa shape index (κ2) is 4.53. The van der Waals surface area contributed by atoms with Crippen molar-refractivity contribution in [3.05, 3.63) is 0 Å². The molecule has 84 valence electrons. The molecule has 0 aliphatic carbocycles. The SMILES string of the molecule is CC1NCCCC1N1C(=O)CSCC1=O. The number of carbonyl (C=O) groups is 2. The van der Waals surface area contributed by atoms with Gasteiger partial charge < -0.3 is 5.32 Å². The molecule has 15 heavy (non-hydrogen) atoms. The maximum absolute atomic E-state index is 11.7. The van der Waals surface area contributed by atoms with Crippen LogP contribution < -0.4 is 5.32 Å². The van der Waals surface area contributed by atoms with Crippen LogP contribution in [0.4, 0.5) is 0 Å². The van der Waals surface area contributed by atoms with Gasteiger partial charge in [0.15, 0.2) is 0 Å². The summed E-state index contributed by atoms with van der Waals surface area (Å²) >= 11 is 1.42. The molecule has 0 aromatic carbocycles. The second-order valence-corrected chi connectivity index (χ2v) is 5.09. The summed E-state index contributed by atoms with van der Waals surface area (Å²) in [6.45, 7) is 3.04. The predicted molar refractivity (Wildman–Crippen MR) is 59.7 cm³/mol. The lowest BCUT2D eigenvalue weighted by atomic mass is 9.98. The Kier molecular flexibility index (Phi) is 3.31. The van der Waals surface area contributed by atoms with Crippen LogP contribution in [0.2, 0.25) is 0 Å². The van der Waals surface area contributed by atoms with E-state index in [1.54, 1.807) is 0 Å². The van der Waals surface area contributed by atoms with Gasteiger partial charge in [-0.25, -0.2) is 0 Å². The van der Waals surface area contributed by atoms with Gasteiger partial charge in [-0.05, 0) is 26.3 Å². The molecule has 2 atom stereocenters. The highest BCUT2D eigenvalue weighted by Crippen LogP contribution is 2.21. The Morgan fingerprint density at radius 3 is 2.60 bits per heavy atom. The Hall–Kier alpha value is -0.550. The summed E-state index contributed by atoms with van der Waals surface area (Å²) in [5.41, 5.74) is 0. The standard InChI is InChI=1S/C10H16N2O2S/c1-7-8(3-2-4-11-7)12-9(13)5-15-6-10(12)14/h7-8,11H,2-6H2,1H3. The van der Waals surface area contributed by atoms with Crippen molar-refractivity contribution in [2.75, 3.05) is 18.1 Å². The van der Waals surface area contributed by atoms with Gasteiger partial charge in [-0.1, -0.05) is 0 Å². The maximum Gasteiger partial charge on any atom is 0.239 e. The fraction of sp³-hybridized carbons (Fsp3) is 0.800. The number of hydrogen-bond acceptors (Lipinski definition) is 4. The van der Waals surface area contributed by atoms with Crippen LogP contribution in [0.1, 0.15) is 19.8 Å². The van der Waals surface area contributed by atoms with Gasteiger partial charge in [-0.2, -0.15) is 0 Å².